The Balaban J connectivity index is 1.75. The molecule has 1 heterocycles. The highest BCUT2D eigenvalue weighted by molar-refractivity contribution is 5.95. The number of rotatable bonds is 7. The Morgan fingerprint density at radius 2 is 2.11 bits per heavy atom. The quantitative estimate of drug-likeness (QED) is 0.811. The number of carbonyl (C=O) groups is 1. The van der Waals surface area contributed by atoms with Gasteiger partial charge in [0, 0.05) is 30.6 Å². The third-order valence-corrected chi connectivity index (χ3v) is 4.87. The van der Waals surface area contributed by atoms with Crippen molar-refractivity contribution in [3.8, 4) is 11.5 Å². The van der Waals surface area contributed by atoms with Crippen molar-refractivity contribution in [2.24, 2.45) is 0 Å². The maximum atomic E-state index is 12.8. The summed E-state index contributed by atoms with van der Waals surface area (Å²) in [4.78, 5) is 18.5. The van der Waals surface area contributed by atoms with Crippen LogP contribution in [0.3, 0.4) is 0 Å². The van der Waals surface area contributed by atoms with Crippen LogP contribution in [0.15, 0.2) is 42.7 Å². The van der Waals surface area contributed by atoms with Gasteiger partial charge in [-0.1, -0.05) is 6.07 Å². The second-order valence-corrected chi connectivity index (χ2v) is 6.73. The minimum absolute atomic E-state index is 0.124. The first kappa shape index (κ1) is 19.2. The number of benzene rings is 1. The number of carbonyl (C=O) groups excluding carboxylic acids is 1. The van der Waals surface area contributed by atoms with Crippen molar-refractivity contribution in [1.29, 1.82) is 0 Å². The van der Waals surface area contributed by atoms with Gasteiger partial charge in [-0.05, 0) is 50.5 Å². The molecule has 0 saturated heterocycles. The van der Waals surface area contributed by atoms with Crippen molar-refractivity contribution in [2.75, 3.05) is 13.7 Å². The predicted molar refractivity (Wildman–Crippen MR) is 102 cm³/mol. The third kappa shape index (κ3) is 4.57. The molecular formula is C21H26N2O4. The first-order valence-electron chi connectivity index (χ1n) is 9.34. The minimum Gasteiger partial charge on any atom is -0.490 e. The zero-order valence-corrected chi connectivity index (χ0v) is 15.8. The molecule has 0 spiro atoms. The average Bonchev–Trinajstić information content (AvgIpc) is 3.12. The highest BCUT2D eigenvalue weighted by atomic mass is 16.5. The maximum absolute atomic E-state index is 12.8. The van der Waals surface area contributed by atoms with E-state index in [2.05, 4.69) is 4.98 Å². The van der Waals surface area contributed by atoms with E-state index in [0.29, 0.717) is 30.3 Å². The monoisotopic (exact) mass is 370 g/mol. The molecule has 27 heavy (non-hydrogen) atoms. The Morgan fingerprint density at radius 3 is 2.78 bits per heavy atom. The lowest BCUT2D eigenvalue weighted by Gasteiger charge is -2.27. The van der Waals surface area contributed by atoms with Gasteiger partial charge in [0.05, 0.1) is 18.8 Å². The molecular weight excluding hydrogens is 344 g/mol. The van der Waals surface area contributed by atoms with Gasteiger partial charge in [-0.25, -0.2) is 0 Å². The molecule has 0 radical (unpaired) electrons. The van der Waals surface area contributed by atoms with Crippen molar-refractivity contribution in [2.45, 2.75) is 44.9 Å². The van der Waals surface area contributed by atoms with Crippen molar-refractivity contribution in [1.82, 2.24) is 9.88 Å². The van der Waals surface area contributed by atoms with E-state index in [9.17, 15) is 9.90 Å². The molecule has 1 N–H and O–H groups in total. The molecule has 1 aromatic carbocycles. The minimum atomic E-state index is -0.451. The van der Waals surface area contributed by atoms with Crippen LogP contribution in [0.4, 0.5) is 0 Å². The van der Waals surface area contributed by atoms with Crippen LogP contribution in [0, 0.1) is 0 Å². The Morgan fingerprint density at radius 1 is 1.26 bits per heavy atom. The van der Waals surface area contributed by atoms with Crippen molar-refractivity contribution in [3.63, 3.8) is 0 Å². The largest absolute Gasteiger partial charge is 0.490 e. The highest BCUT2D eigenvalue weighted by Crippen LogP contribution is 2.31. The molecule has 1 fully saturated rings. The lowest BCUT2D eigenvalue weighted by atomic mass is 10.1. The second-order valence-electron chi connectivity index (χ2n) is 6.73. The molecule has 6 nitrogen and oxygen atoms in total. The van der Waals surface area contributed by atoms with Crippen molar-refractivity contribution in [3.05, 3.63) is 53.9 Å². The van der Waals surface area contributed by atoms with Gasteiger partial charge in [0.25, 0.3) is 5.91 Å². The van der Waals surface area contributed by atoms with Crippen LogP contribution in [-0.2, 0) is 6.61 Å². The van der Waals surface area contributed by atoms with Gasteiger partial charge < -0.3 is 19.5 Å². The lowest BCUT2D eigenvalue weighted by Crippen LogP contribution is -2.41. The summed E-state index contributed by atoms with van der Waals surface area (Å²) in [7, 11) is 1.74. The first-order valence-corrected chi connectivity index (χ1v) is 9.34. The van der Waals surface area contributed by atoms with Gasteiger partial charge in [0.1, 0.15) is 6.61 Å². The number of pyridine rings is 1. The molecule has 0 unspecified atom stereocenters. The lowest BCUT2D eigenvalue weighted by molar-refractivity contribution is 0.0538. The van der Waals surface area contributed by atoms with Crippen LogP contribution in [0.5, 0.6) is 11.5 Å². The van der Waals surface area contributed by atoms with Gasteiger partial charge in [-0.15, -0.1) is 0 Å². The number of ether oxygens (including phenoxy) is 2. The number of hydrogen-bond acceptors (Lipinski definition) is 5. The smallest absolute Gasteiger partial charge is 0.254 e. The summed E-state index contributed by atoms with van der Waals surface area (Å²) < 4.78 is 11.5. The van der Waals surface area contributed by atoms with Gasteiger partial charge >= 0.3 is 0 Å². The van der Waals surface area contributed by atoms with Crippen LogP contribution in [0.2, 0.25) is 0 Å². The van der Waals surface area contributed by atoms with Gasteiger partial charge in [-0.2, -0.15) is 0 Å². The molecule has 2 aromatic rings. The van der Waals surface area contributed by atoms with Crippen LogP contribution in [-0.4, -0.2) is 46.7 Å². The summed E-state index contributed by atoms with van der Waals surface area (Å²) >= 11 is 0. The summed E-state index contributed by atoms with van der Waals surface area (Å²) in [5, 5.41) is 10.1. The van der Waals surface area contributed by atoms with Crippen LogP contribution < -0.4 is 9.47 Å². The van der Waals surface area contributed by atoms with E-state index in [1.807, 2.05) is 19.1 Å². The number of aliphatic hydroxyl groups excluding tert-OH is 1. The number of amides is 1. The SMILES string of the molecule is CCOc1cc(C(=O)N(C)[C@@H]2CCC[C@H]2O)ccc1OCc1cccnc1. The van der Waals surface area contributed by atoms with Gasteiger partial charge in [-0.3, -0.25) is 9.78 Å². The van der Waals surface area contributed by atoms with E-state index >= 15 is 0 Å². The molecule has 1 aromatic heterocycles. The molecule has 0 aliphatic heterocycles. The number of nitrogens with zero attached hydrogens (tertiary/aromatic N) is 2. The molecule has 1 amide bonds. The fourth-order valence-electron chi connectivity index (χ4n) is 3.40. The molecule has 2 atom stereocenters. The molecule has 3 rings (SSSR count). The van der Waals surface area contributed by atoms with Crippen LogP contribution in [0.25, 0.3) is 0 Å². The number of likely N-dealkylation sites (N-methyl/N-ethyl adjacent to an activating group) is 1. The molecule has 0 bridgehead atoms. The number of aliphatic hydroxyl groups is 1. The predicted octanol–water partition coefficient (Wildman–Crippen LogP) is 3.04. The Kier molecular flexibility index (Phi) is 6.29. The first-order chi connectivity index (χ1) is 13.1. The van der Waals surface area contributed by atoms with Crippen LogP contribution >= 0.6 is 0 Å². The fraction of sp³-hybridized carbons (Fsp3) is 0.429. The summed E-state index contributed by atoms with van der Waals surface area (Å²) in [5.74, 6) is 0.995. The maximum Gasteiger partial charge on any atom is 0.254 e. The zero-order chi connectivity index (χ0) is 19.2. The van der Waals surface area contributed by atoms with E-state index in [1.165, 1.54) is 0 Å². The Hall–Kier alpha value is -2.60. The van der Waals surface area contributed by atoms with E-state index in [0.717, 1.165) is 24.8 Å². The summed E-state index contributed by atoms with van der Waals surface area (Å²) in [5.41, 5.74) is 1.48. The van der Waals surface area contributed by atoms with E-state index < -0.39 is 6.10 Å². The summed E-state index contributed by atoms with van der Waals surface area (Å²) in [6, 6.07) is 8.87. The normalized spacial score (nSPS) is 18.9. The summed E-state index contributed by atoms with van der Waals surface area (Å²) in [6.07, 6.45) is 5.52. The highest BCUT2D eigenvalue weighted by Gasteiger charge is 2.31. The third-order valence-electron chi connectivity index (χ3n) is 4.87. The molecule has 1 aliphatic rings. The average molecular weight is 370 g/mol. The number of aromatic nitrogens is 1. The number of hydrogen-bond donors (Lipinski definition) is 1. The summed E-state index contributed by atoms with van der Waals surface area (Å²) in [6.45, 7) is 2.73. The Labute approximate surface area is 159 Å². The fourth-order valence-corrected chi connectivity index (χ4v) is 3.40. The van der Waals surface area contributed by atoms with Gasteiger partial charge in [0.2, 0.25) is 0 Å². The second kappa shape index (κ2) is 8.86. The molecule has 144 valence electrons. The van der Waals surface area contributed by atoms with Crippen molar-refractivity contribution >= 4 is 5.91 Å². The molecule has 6 heteroatoms. The molecule has 1 saturated carbocycles. The van der Waals surface area contributed by atoms with Crippen molar-refractivity contribution < 1.29 is 19.4 Å². The van der Waals surface area contributed by atoms with Crippen LogP contribution in [0.1, 0.15) is 42.1 Å². The van der Waals surface area contributed by atoms with E-state index in [-0.39, 0.29) is 11.9 Å². The van der Waals surface area contributed by atoms with E-state index in [1.54, 1.807) is 42.5 Å². The standard InChI is InChI=1S/C21H26N2O4/c1-3-26-20-12-16(21(25)23(2)17-7-4-8-18(17)24)9-10-19(20)27-14-15-6-5-11-22-13-15/h5-6,9-13,17-18,24H,3-4,7-8,14H2,1-2H3/t17-,18-/m1/s1. The topological polar surface area (TPSA) is 71.9 Å². The molecule has 1 aliphatic carbocycles. The zero-order valence-electron chi connectivity index (χ0n) is 15.8. The van der Waals surface area contributed by atoms with E-state index in [4.69, 9.17) is 9.47 Å². The van der Waals surface area contributed by atoms with Gasteiger partial charge in [0.15, 0.2) is 11.5 Å². The Bertz CT molecular complexity index is 766.